The Balaban J connectivity index is 1.93. The van der Waals surface area contributed by atoms with Crippen molar-refractivity contribution in [2.24, 2.45) is 0 Å². The van der Waals surface area contributed by atoms with Crippen molar-refractivity contribution in [2.75, 3.05) is 25.5 Å². The van der Waals surface area contributed by atoms with E-state index in [9.17, 15) is 9.59 Å². The van der Waals surface area contributed by atoms with Gasteiger partial charge in [-0.05, 0) is 18.1 Å². The van der Waals surface area contributed by atoms with Crippen molar-refractivity contribution in [3.63, 3.8) is 0 Å². The number of hydrogen-bond acceptors (Lipinski definition) is 2. The Morgan fingerprint density at radius 3 is 2.94 bits per heavy atom. The summed E-state index contributed by atoms with van der Waals surface area (Å²) in [7, 11) is 0. The zero-order valence-electron chi connectivity index (χ0n) is 9.99. The first-order valence-electron chi connectivity index (χ1n) is 5.92. The highest BCUT2D eigenvalue weighted by atomic mass is 35.5. The summed E-state index contributed by atoms with van der Waals surface area (Å²) < 4.78 is 0. The maximum Gasteiger partial charge on any atom is 0.254 e. The molecule has 1 aliphatic heterocycles. The van der Waals surface area contributed by atoms with Gasteiger partial charge >= 0.3 is 0 Å². The van der Waals surface area contributed by atoms with Crippen molar-refractivity contribution in [3.05, 3.63) is 35.4 Å². The molecule has 1 aromatic carbocycles. The van der Waals surface area contributed by atoms with E-state index in [1.165, 1.54) is 0 Å². The number of nitrogens with one attached hydrogen (secondary N) is 1. The Morgan fingerprint density at radius 2 is 2.17 bits per heavy atom. The number of alkyl halides is 1. The van der Waals surface area contributed by atoms with Crippen molar-refractivity contribution >= 4 is 23.4 Å². The summed E-state index contributed by atoms with van der Waals surface area (Å²) in [5.74, 6) is -0.213. The third-order valence-corrected chi connectivity index (χ3v) is 3.25. The predicted octanol–water partition coefficient (Wildman–Crippen LogP) is 1.04. The van der Waals surface area contributed by atoms with Gasteiger partial charge in [-0.25, -0.2) is 0 Å². The molecule has 0 radical (unpaired) electrons. The molecule has 1 aromatic rings. The van der Waals surface area contributed by atoms with Gasteiger partial charge in [0.15, 0.2) is 0 Å². The SMILES string of the molecule is O=C(CCl)NCCN1CCc2ccccc2C1=O. The molecule has 0 bridgehead atoms. The molecule has 0 atom stereocenters. The number of nitrogens with zero attached hydrogens (tertiary/aromatic N) is 1. The largest absolute Gasteiger partial charge is 0.353 e. The van der Waals surface area contributed by atoms with Crippen LogP contribution in [0.25, 0.3) is 0 Å². The number of hydrogen-bond donors (Lipinski definition) is 1. The summed E-state index contributed by atoms with van der Waals surface area (Å²) in [4.78, 5) is 24.9. The van der Waals surface area contributed by atoms with Crippen LogP contribution in [0.4, 0.5) is 0 Å². The van der Waals surface area contributed by atoms with Gasteiger partial charge in [-0.1, -0.05) is 18.2 Å². The molecule has 4 nitrogen and oxygen atoms in total. The third-order valence-electron chi connectivity index (χ3n) is 3.01. The highest BCUT2D eigenvalue weighted by molar-refractivity contribution is 6.27. The van der Waals surface area contributed by atoms with E-state index in [-0.39, 0.29) is 17.7 Å². The summed E-state index contributed by atoms with van der Waals surface area (Å²) in [6.07, 6.45) is 0.866. The third kappa shape index (κ3) is 2.82. The molecule has 1 N–H and O–H groups in total. The van der Waals surface area contributed by atoms with Gasteiger partial charge in [-0.3, -0.25) is 9.59 Å². The fraction of sp³-hybridized carbons (Fsp3) is 0.385. The lowest BCUT2D eigenvalue weighted by Gasteiger charge is -2.28. The quantitative estimate of drug-likeness (QED) is 0.828. The fourth-order valence-corrected chi connectivity index (χ4v) is 2.16. The molecular weight excluding hydrogens is 252 g/mol. The van der Waals surface area contributed by atoms with Crippen LogP contribution < -0.4 is 5.32 Å². The van der Waals surface area contributed by atoms with Crippen LogP contribution in [-0.4, -0.2) is 42.2 Å². The molecule has 2 rings (SSSR count). The number of amides is 2. The molecule has 0 saturated heterocycles. The summed E-state index contributed by atoms with van der Waals surface area (Å²) in [6.45, 7) is 1.67. The second-order valence-corrected chi connectivity index (χ2v) is 4.45. The van der Waals surface area contributed by atoms with Gasteiger partial charge < -0.3 is 10.2 Å². The maximum atomic E-state index is 12.1. The van der Waals surface area contributed by atoms with Crippen LogP contribution in [0.1, 0.15) is 15.9 Å². The van der Waals surface area contributed by atoms with E-state index in [1.807, 2.05) is 24.3 Å². The Morgan fingerprint density at radius 1 is 1.39 bits per heavy atom. The minimum absolute atomic E-state index is 0.0389. The number of rotatable bonds is 4. The fourth-order valence-electron chi connectivity index (χ4n) is 2.07. The number of carbonyl (C=O) groups excluding carboxylic acids is 2. The van der Waals surface area contributed by atoms with Crippen molar-refractivity contribution in [1.82, 2.24) is 10.2 Å². The number of fused-ring (bicyclic) bond motifs is 1. The van der Waals surface area contributed by atoms with Crippen LogP contribution in [0.15, 0.2) is 24.3 Å². The number of halogens is 1. The van der Waals surface area contributed by atoms with Crippen LogP contribution in [-0.2, 0) is 11.2 Å². The lowest BCUT2D eigenvalue weighted by atomic mass is 9.99. The van der Waals surface area contributed by atoms with Gasteiger partial charge in [0.2, 0.25) is 5.91 Å². The van der Waals surface area contributed by atoms with Gasteiger partial charge in [-0.15, -0.1) is 11.6 Å². The average molecular weight is 267 g/mol. The molecule has 18 heavy (non-hydrogen) atoms. The molecule has 0 aliphatic carbocycles. The zero-order chi connectivity index (χ0) is 13.0. The maximum absolute atomic E-state index is 12.1. The lowest BCUT2D eigenvalue weighted by Crippen LogP contribution is -2.42. The molecule has 0 aromatic heterocycles. The van der Waals surface area contributed by atoms with Crippen LogP contribution in [0.5, 0.6) is 0 Å². The summed E-state index contributed by atoms with van der Waals surface area (Å²) in [5.41, 5.74) is 1.87. The Labute approximate surface area is 111 Å². The summed E-state index contributed by atoms with van der Waals surface area (Å²) in [5, 5.41) is 2.66. The Hall–Kier alpha value is -1.55. The first kappa shape index (κ1) is 12.9. The van der Waals surface area contributed by atoms with E-state index in [4.69, 9.17) is 11.6 Å². The Kier molecular flexibility index (Phi) is 4.20. The van der Waals surface area contributed by atoms with E-state index in [2.05, 4.69) is 5.32 Å². The smallest absolute Gasteiger partial charge is 0.254 e. The van der Waals surface area contributed by atoms with Crippen LogP contribution in [0.3, 0.4) is 0 Å². The predicted molar refractivity (Wildman–Crippen MR) is 69.8 cm³/mol. The summed E-state index contributed by atoms with van der Waals surface area (Å²) >= 11 is 5.38. The molecule has 0 spiro atoms. The minimum atomic E-state index is -0.207. The van der Waals surface area contributed by atoms with Gasteiger partial charge in [0.1, 0.15) is 5.88 Å². The molecular formula is C13H15ClN2O2. The van der Waals surface area contributed by atoms with Crippen molar-refractivity contribution < 1.29 is 9.59 Å². The van der Waals surface area contributed by atoms with Crippen LogP contribution >= 0.6 is 11.6 Å². The summed E-state index contributed by atoms with van der Waals surface area (Å²) in [6, 6.07) is 7.65. The van der Waals surface area contributed by atoms with Crippen molar-refractivity contribution in [3.8, 4) is 0 Å². The molecule has 0 saturated carbocycles. The normalized spacial score (nSPS) is 14.3. The topological polar surface area (TPSA) is 49.4 Å². The van der Waals surface area contributed by atoms with Gasteiger partial charge in [0.25, 0.3) is 5.91 Å². The highest BCUT2D eigenvalue weighted by Crippen LogP contribution is 2.17. The zero-order valence-corrected chi connectivity index (χ0v) is 10.7. The second-order valence-electron chi connectivity index (χ2n) is 4.18. The molecule has 2 amide bonds. The number of carbonyl (C=O) groups is 2. The molecule has 1 aliphatic rings. The lowest BCUT2D eigenvalue weighted by molar-refractivity contribution is -0.118. The molecule has 5 heteroatoms. The first-order valence-corrected chi connectivity index (χ1v) is 6.45. The number of benzene rings is 1. The van der Waals surface area contributed by atoms with Gasteiger partial charge in [-0.2, -0.15) is 0 Å². The Bertz CT molecular complexity index is 462. The van der Waals surface area contributed by atoms with Crippen LogP contribution in [0.2, 0.25) is 0 Å². The monoisotopic (exact) mass is 266 g/mol. The molecule has 0 fully saturated rings. The molecule has 96 valence electrons. The van der Waals surface area contributed by atoms with Crippen LogP contribution in [0, 0.1) is 0 Å². The van der Waals surface area contributed by atoms with E-state index < -0.39 is 0 Å². The van der Waals surface area contributed by atoms with Gasteiger partial charge in [0.05, 0.1) is 0 Å². The van der Waals surface area contributed by atoms with Gasteiger partial charge in [0, 0.05) is 25.2 Å². The van der Waals surface area contributed by atoms with E-state index in [0.717, 1.165) is 17.5 Å². The van der Waals surface area contributed by atoms with E-state index in [1.54, 1.807) is 4.90 Å². The first-order chi connectivity index (χ1) is 8.72. The molecule has 0 unspecified atom stereocenters. The van der Waals surface area contributed by atoms with E-state index >= 15 is 0 Å². The molecule has 1 heterocycles. The minimum Gasteiger partial charge on any atom is -0.353 e. The van der Waals surface area contributed by atoms with Crippen molar-refractivity contribution in [1.29, 1.82) is 0 Å². The standard InChI is InChI=1S/C13H15ClN2O2/c14-9-12(17)15-6-8-16-7-5-10-3-1-2-4-11(10)13(16)18/h1-4H,5-9H2,(H,15,17). The van der Waals surface area contributed by atoms with E-state index in [0.29, 0.717) is 19.6 Å². The second kappa shape index (κ2) is 5.87. The highest BCUT2D eigenvalue weighted by Gasteiger charge is 2.23. The van der Waals surface area contributed by atoms with Crippen molar-refractivity contribution in [2.45, 2.75) is 6.42 Å². The average Bonchev–Trinajstić information content (AvgIpc) is 2.41.